The first kappa shape index (κ1) is 18.5. The number of likely N-dealkylation sites (tertiary alicyclic amines) is 1. The molecule has 0 radical (unpaired) electrons. The number of nitrogens with zero attached hydrogens (tertiary/aromatic N) is 2. The summed E-state index contributed by atoms with van der Waals surface area (Å²) in [6.45, 7) is 1.04. The van der Waals surface area contributed by atoms with Crippen LogP contribution in [0, 0.1) is 17.2 Å². The molecular weight excluding hydrogens is 342 g/mol. The van der Waals surface area contributed by atoms with E-state index in [1.165, 1.54) is 0 Å². The van der Waals surface area contributed by atoms with E-state index in [-0.39, 0.29) is 24.3 Å². The number of rotatable bonds is 5. The first-order valence-electron chi connectivity index (χ1n) is 8.93. The molecule has 1 heterocycles. The van der Waals surface area contributed by atoms with Gasteiger partial charge in [-0.3, -0.25) is 9.59 Å². The molecule has 2 aromatic carbocycles. The number of hydrogen-bond acceptors (Lipinski definition) is 4. The maximum atomic E-state index is 12.5. The zero-order valence-corrected chi connectivity index (χ0v) is 14.9. The standard InChI is InChI=1S/C21H21N3O3/c22-14-17-6-4-5-9-19(17)23-21(26)16-10-12-24(13-11-16)20(25)15-27-18-7-2-1-3-8-18/h1-9,16H,10-13,15H2,(H,23,26). The Balaban J connectivity index is 1.47. The van der Waals surface area contributed by atoms with Crippen LogP contribution in [0.4, 0.5) is 5.69 Å². The predicted octanol–water partition coefficient (Wildman–Crippen LogP) is 2.81. The molecule has 6 heteroatoms. The van der Waals surface area contributed by atoms with Gasteiger partial charge in [-0.2, -0.15) is 5.26 Å². The molecule has 138 valence electrons. The van der Waals surface area contributed by atoms with Crippen molar-refractivity contribution in [1.29, 1.82) is 5.26 Å². The molecule has 2 amide bonds. The third kappa shape index (κ3) is 4.85. The Morgan fingerprint density at radius 3 is 2.44 bits per heavy atom. The fourth-order valence-corrected chi connectivity index (χ4v) is 3.07. The van der Waals surface area contributed by atoms with Crippen LogP contribution in [0.5, 0.6) is 5.75 Å². The second-order valence-electron chi connectivity index (χ2n) is 6.40. The number of ether oxygens (including phenoxy) is 1. The summed E-state index contributed by atoms with van der Waals surface area (Å²) in [6.07, 6.45) is 1.19. The van der Waals surface area contributed by atoms with Crippen molar-refractivity contribution >= 4 is 17.5 Å². The molecule has 0 saturated carbocycles. The lowest BCUT2D eigenvalue weighted by Gasteiger charge is -2.31. The summed E-state index contributed by atoms with van der Waals surface area (Å²) < 4.78 is 5.50. The molecule has 1 fully saturated rings. The Hall–Kier alpha value is -3.33. The van der Waals surface area contributed by atoms with E-state index in [0.717, 1.165) is 0 Å². The maximum Gasteiger partial charge on any atom is 0.260 e. The van der Waals surface area contributed by atoms with Gasteiger partial charge >= 0.3 is 0 Å². The van der Waals surface area contributed by atoms with E-state index >= 15 is 0 Å². The minimum Gasteiger partial charge on any atom is -0.484 e. The van der Waals surface area contributed by atoms with Crippen molar-refractivity contribution in [1.82, 2.24) is 4.90 Å². The van der Waals surface area contributed by atoms with Crippen molar-refractivity contribution in [3.05, 3.63) is 60.2 Å². The summed E-state index contributed by atoms with van der Waals surface area (Å²) in [7, 11) is 0. The quantitative estimate of drug-likeness (QED) is 0.885. The normalized spacial score (nSPS) is 14.3. The molecule has 1 aliphatic heterocycles. The van der Waals surface area contributed by atoms with E-state index < -0.39 is 0 Å². The lowest BCUT2D eigenvalue weighted by atomic mass is 9.95. The summed E-state index contributed by atoms with van der Waals surface area (Å²) in [4.78, 5) is 26.5. The van der Waals surface area contributed by atoms with E-state index in [2.05, 4.69) is 11.4 Å². The van der Waals surface area contributed by atoms with E-state index in [0.29, 0.717) is 42.9 Å². The van der Waals surface area contributed by atoms with Crippen LogP contribution in [0.1, 0.15) is 18.4 Å². The monoisotopic (exact) mass is 363 g/mol. The van der Waals surface area contributed by atoms with E-state index in [9.17, 15) is 9.59 Å². The largest absolute Gasteiger partial charge is 0.484 e. The van der Waals surface area contributed by atoms with Crippen LogP contribution in [0.15, 0.2) is 54.6 Å². The van der Waals surface area contributed by atoms with Crippen molar-refractivity contribution in [3.63, 3.8) is 0 Å². The number of hydrogen-bond donors (Lipinski definition) is 1. The van der Waals surface area contributed by atoms with Gasteiger partial charge < -0.3 is 15.0 Å². The van der Waals surface area contributed by atoms with Gasteiger partial charge in [-0.25, -0.2) is 0 Å². The van der Waals surface area contributed by atoms with Crippen LogP contribution >= 0.6 is 0 Å². The Morgan fingerprint density at radius 2 is 1.74 bits per heavy atom. The van der Waals surface area contributed by atoms with Crippen LogP contribution < -0.4 is 10.1 Å². The van der Waals surface area contributed by atoms with Gasteiger partial charge in [-0.05, 0) is 37.1 Å². The van der Waals surface area contributed by atoms with Gasteiger partial charge in [0.05, 0.1) is 11.3 Å². The molecule has 0 spiro atoms. The molecule has 0 aliphatic carbocycles. The molecule has 1 saturated heterocycles. The maximum absolute atomic E-state index is 12.5. The summed E-state index contributed by atoms with van der Waals surface area (Å²) >= 11 is 0. The second kappa shape index (κ2) is 8.86. The second-order valence-corrected chi connectivity index (χ2v) is 6.40. The molecule has 0 aromatic heterocycles. The highest BCUT2D eigenvalue weighted by Crippen LogP contribution is 2.21. The van der Waals surface area contributed by atoms with E-state index in [1.54, 1.807) is 29.2 Å². The smallest absolute Gasteiger partial charge is 0.260 e. The third-order valence-corrected chi connectivity index (χ3v) is 4.63. The summed E-state index contributed by atoms with van der Waals surface area (Å²) in [5.74, 6) is 0.310. The number of nitriles is 1. The molecule has 3 rings (SSSR count). The first-order chi connectivity index (χ1) is 13.2. The average Bonchev–Trinajstić information content (AvgIpc) is 2.73. The van der Waals surface area contributed by atoms with Crippen LogP contribution in [-0.2, 0) is 9.59 Å². The zero-order chi connectivity index (χ0) is 19.1. The molecule has 6 nitrogen and oxygen atoms in total. The number of nitrogens with one attached hydrogen (secondary N) is 1. The summed E-state index contributed by atoms with van der Waals surface area (Å²) in [5.41, 5.74) is 0.969. The van der Waals surface area contributed by atoms with Gasteiger partial charge in [-0.1, -0.05) is 30.3 Å². The lowest BCUT2D eigenvalue weighted by molar-refractivity contribution is -0.136. The topological polar surface area (TPSA) is 82.4 Å². The van der Waals surface area contributed by atoms with Crippen LogP contribution in [0.3, 0.4) is 0 Å². The highest BCUT2D eigenvalue weighted by Gasteiger charge is 2.27. The van der Waals surface area contributed by atoms with Gasteiger partial charge in [0.15, 0.2) is 6.61 Å². The number of benzene rings is 2. The lowest BCUT2D eigenvalue weighted by Crippen LogP contribution is -2.43. The number of carbonyl (C=O) groups excluding carboxylic acids is 2. The van der Waals surface area contributed by atoms with Crippen molar-refractivity contribution in [2.24, 2.45) is 5.92 Å². The molecule has 0 bridgehead atoms. The number of piperidine rings is 1. The SMILES string of the molecule is N#Cc1ccccc1NC(=O)C1CCN(C(=O)COc2ccccc2)CC1. The zero-order valence-electron chi connectivity index (χ0n) is 14.9. The highest BCUT2D eigenvalue weighted by molar-refractivity contribution is 5.94. The Kier molecular flexibility index (Phi) is 6.06. The Bertz CT molecular complexity index is 837. The molecule has 1 N–H and O–H groups in total. The highest BCUT2D eigenvalue weighted by atomic mass is 16.5. The molecular formula is C21H21N3O3. The molecule has 0 atom stereocenters. The van der Waals surface area contributed by atoms with Gasteiger partial charge in [-0.15, -0.1) is 0 Å². The Morgan fingerprint density at radius 1 is 1.07 bits per heavy atom. The minimum atomic E-state index is -0.171. The predicted molar refractivity (Wildman–Crippen MR) is 101 cm³/mol. The van der Waals surface area contributed by atoms with Crippen molar-refractivity contribution in [2.75, 3.05) is 25.0 Å². The number of para-hydroxylation sites is 2. The van der Waals surface area contributed by atoms with E-state index in [4.69, 9.17) is 10.00 Å². The minimum absolute atomic E-state index is 0.00355. The molecule has 2 aromatic rings. The van der Waals surface area contributed by atoms with E-state index in [1.807, 2.05) is 30.3 Å². The number of anilines is 1. The Labute approximate surface area is 158 Å². The fraction of sp³-hybridized carbons (Fsp3) is 0.286. The molecule has 0 unspecified atom stereocenters. The third-order valence-electron chi connectivity index (χ3n) is 4.63. The summed E-state index contributed by atoms with van der Waals surface area (Å²) in [5, 5.41) is 11.9. The van der Waals surface area contributed by atoms with Gasteiger partial charge in [0, 0.05) is 19.0 Å². The van der Waals surface area contributed by atoms with Crippen LogP contribution in [0.2, 0.25) is 0 Å². The van der Waals surface area contributed by atoms with Crippen molar-refractivity contribution < 1.29 is 14.3 Å². The number of amides is 2. The van der Waals surface area contributed by atoms with Gasteiger partial charge in [0.2, 0.25) is 5.91 Å². The average molecular weight is 363 g/mol. The molecule has 27 heavy (non-hydrogen) atoms. The van der Waals surface area contributed by atoms with Crippen LogP contribution in [0.25, 0.3) is 0 Å². The first-order valence-corrected chi connectivity index (χ1v) is 8.93. The number of carbonyl (C=O) groups is 2. The van der Waals surface area contributed by atoms with Crippen molar-refractivity contribution in [2.45, 2.75) is 12.8 Å². The van der Waals surface area contributed by atoms with Gasteiger partial charge in [0.1, 0.15) is 11.8 Å². The van der Waals surface area contributed by atoms with Crippen molar-refractivity contribution in [3.8, 4) is 11.8 Å². The van der Waals surface area contributed by atoms with Gasteiger partial charge in [0.25, 0.3) is 5.91 Å². The van der Waals surface area contributed by atoms with Crippen LogP contribution in [-0.4, -0.2) is 36.4 Å². The summed E-state index contributed by atoms with van der Waals surface area (Å²) in [6, 6.07) is 18.2. The fourth-order valence-electron chi connectivity index (χ4n) is 3.07. The molecule has 1 aliphatic rings.